The van der Waals surface area contributed by atoms with Crippen molar-refractivity contribution in [3.63, 3.8) is 0 Å². The molecule has 5 nitrogen and oxygen atoms in total. The second-order valence-electron chi connectivity index (χ2n) is 8.63. The van der Waals surface area contributed by atoms with E-state index in [9.17, 15) is 19.8 Å². The van der Waals surface area contributed by atoms with E-state index in [0.717, 1.165) is 41.7 Å². The molecule has 1 unspecified atom stereocenters. The van der Waals surface area contributed by atoms with Crippen LogP contribution in [0.3, 0.4) is 0 Å². The van der Waals surface area contributed by atoms with E-state index in [1.807, 2.05) is 25.1 Å². The molecule has 33 heavy (non-hydrogen) atoms. The van der Waals surface area contributed by atoms with E-state index in [1.54, 1.807) is 37.5 Å². The van der Waals surface area contributed by atoms with Crippen molar-refractivity contribution >= 4 is 23.7 Å². The van der Waals surface area contributed by atoms with Gasteiger partial charge in [-0.25, -0.2) is 0 Å². The van der Waals surface area contributed by atoms with Crippen LogP contribution in [0.2, 0.25) is 0 Å². The summed E-state index contributed by atoms with van der Waals surface area (Å²) in [5.41, 5.74) is 3.86. The molecule has 0 saturated heterocycles. The van der Waals surface area contributed by atoms with Gasteiger partial charge in [0, 0.05) is 0 Å². The number of benzene rings is 2. The van der Waals surface area contributed by atoms with Crippen molar-refractivity contribution in [3.8, 4) is 5.75 Å². The molecular formula is C28H32O5. The fourth-order valence-electron chi connectivity index (χ4n) is 4.01. The highest BCUT2D eigenvalue weighted by atomic mass is 16.5. The molecule has 1 fully saturated rings. The zero-order valence-corrected chi connectivity index (χ0v) is 19.3. The van der Waals surface area contributed by atoms with Crippen LogP contribution in [0.25, 0.3) is 12.2 Å². The molecule has 1 atom stereocenters. The highest BCUT2D eigenvalue weighted by Crippen LogP contribution is 2.33. The van der Waals surface area contributed by atoms with Gasteiger partial charge >= 0.3 is 0 Å². The monoisotopic (exact) mass is 448 g/mol. The van der Waals surface area contributed by atoms with Crippen molar-refractivity contribution in [2.24, 2.45) is 11.8 Å². The number of aliphatic hydroxyl groups excluding tert-OH is 2. The maximum Gasteiger partial charge on any atom is 0.166 e. The fourth-order valence-corrected chi connectivity index (χ4v) is 4.01. The summed E-state index contributed by atoms with van der Waals surface area (Å²) >= 11 is 0. The Balaban J connectivity index is 1.76. The highest BCUT2D eigenvalue weighted by molar-refractivity contribution is 6.13. The van der Waals surface area contributed by atoms with Gasteiger partial charge in [0.25, 0.3) is 0 Å². The molecule has 1 aliphatic rings. The lowest BCUT2D eigenvalue weighted by Gasteiger charge is -2.27. The zero-order chi connectivity index (χ0) is 23.8. The minimum Gasteiger partial charge on any atom is -0.496 e. The molecule has 0 bridgehead atoms. The lowest BCUT2D eigenvalue weighted by atomic mass is 9.76. The summed E-state index contributed by atoms with van der Waals surface area (Å²) in [7, 11) is 1.61. The summed E-state index contributed by atoms with van der Waals surface area (Å²) in [5.74, 6) is 0.0554. The smallest absolute Gasteiger partial charge is 0.166 e. The predicted octanol–water partition coefficient (Wildman–Crippen LogP) is 4.66. The van der Waals surface area contributed by atoms with Crippen molar-refractivity contribution in [3.05, 3.63) is 76.4 Å². The van der Waals surface area contributed by atoms with Crippen molar-refractivity contribution in [2.45, 2.75) is 45.8 Å². The summed E-state index contributed by atoms with van der Waals surface area (Å²) in [6.45, 7) is 1.61. The first-order valence-electron chi connectivity index (χ1n) is 11.4. The Hall–Kier alpha value is -3.02. The first-order valence-corrected chi connectivity index (χ1v) is 11.4. The van der Waals surface area contributed by atoms with Gasteiger partial charge in [0.15, 0.2) is 11.6 Å². The van der Waals surface area contributed by atoms with E-state index in [0.29, 0.717) is 23.5 Å². The van der Waals surface area contributed by atoms with Crippen molar-refractivity contribution in [1.82, 2.24) is 0 Å². The Morgan fingerprint density at radius 3 is 2.12 bits per heavy atom. The number of aryl methyl sites for hydroxylation is 1. The zero-order valence-electron chi connectivity index (χ0n) is 19.3. The van der Waals surface area contributed by atoms with Gasteiger partial charge in [-0.05, 0) is 71.4 Å². The molecule has 1 aliphatic carbocycles. The van der Waals surface area contributed by atoms with Gasteiger partial charge in [-0.15, -0.1) is 0 Å². The van der Waals surface area contributed by atoms with Crippen LogP contribution in [0.15, 0.2) is 48.6 Å². The second kappa shape index (κ2) is 11.7. The summed E-state index contributed by atoms with van der Waals surface area (Å²) in [6, 6.07) is 11.0. The number of aliphatic hydroxyl groups is 2. The first kappa shape index (κ1) is 24.6. The molecule has 2 aromatic carbocycles. The maximum atomic E-state index is 13.0. The number of ketones is 2. The topological polar surface area (TPSA) is 83.8 Å². The molecule has 0 amide bonds. The van der Waals surface area contributed by atoms with E-state index in [2.05, 4.69) is 0 Å². The van der Waals surface area contributed by atoms with Gasteiger partial charge in [0.05, 0.1) is 26.2 Å². The Kier molecular flexibility index (Phi) is 8.75. The number of hydrogen-bond acceptors (Lipinski definition) is 5. The third-order valence-corrected chi connectivity index (χ3v) is 6.36. The van der Waals surface area contributed by atoms with Gasteiger partial charge in [-0.3, -0.25) is 9.59 Å². The SMILES string of the molecule is COc1cc(/C=C/C(=O)C(CC2CCC2)C(=O)/C=C/c2ccc(CO)c(CO)c2)ccc1C. The molecule has 0 aromatic heterocycles. The largest absolute Gasteiger partial charge is 0.496 e. The third kappa shape index (κ3) is 6.50. The number of rotatable bonds is 11. The van der Waals surface area contributed by atoms with Crippen LogP contribution in [0.1, 0.15) is 53.5 Å². The number of ether oxygens (including phenoxy) is 1. The van der Waals surface area contributed by atoms with Crippen LogP contribution in [-0.4, -0.2) is 28.9 Å². The van der Waals surface area contributed by atoms with Gasteiger partial charge in [-0.2, -0.15) is 0 Å². The van der Waals surface area contributed by atoms with E-state index in [1.165, 1.54) is 12.2 Å². The van der Waals surface area contributed by atoms with Crippen LogP contribution in [0.4, 0.5) is 0 Å². The number of methoxy groups -OCH3 is 1. The van der Waals surface area contributed by atoms with Crippen LogP contribution >= 0.6 is 0 Å². The summed E-state index contributed by atoms with van der Waals surface area (Å²) in [4.78, 5) is 26.0. The molecule has 1 saturated carbocycles. The molecule has 174 valence electrons. The molecular weight excluding hydrogens is 416 g/mol. The highest BCUT2D eigenvalue weighted by Gasteiger charge is 2.29. The Morgan fingerprint density at radius 1 is 0.970 bits per heavy atom. The summed E-state index contributed by atoms with van der Waals surface area (Å²) in [6.07, 6.45) is 10.2. The standard InChI is InChI=1S/C28H32O5/c1-19-6-7-22(16-28(19)33-2)10-13-27(32)25(15-20-4-3-5-20)26(31)12-9-21-8-11-23(17-29)24(14-21)18-30/h6-14,16,20,25,29-30H,3-5,15,17-18H2,1-2H3/b12-9+,13-10+. The van der Waals surface area contributed by atoms with E-state index in [4.69, 9.17) is 4.74 Å². The Bertz CT molecular complexity index is 1050. The van der Waals surface area contributed by atoms with Gasteiger partial charge in [0.1, 0.15) is 5.75 Å². The summed E-state index contributed by atoms with van der Waals surface area (Å²) in [5, 5.41) is 18.8. The summed E-state index contributed by atoms with van der Waals surface area (Å²) < 4.78 is 5.35. The molecule has 0 aliphatic heterocycles. The fraction of sp³-hybridized carbons (Fsp3) is 0.357. The van der Waals surface area contributed by atoms with Crippen molar-refractivity contribution in [1.29, 1.82) is 0 Å². The van der Waals surface area contributed by atoms with Crippen molar-refractivity contribution in [2.75, 3.05) is 7.11 Å². The van der Waals surface area contributed by atoms with Crippen LogP contribution in [0.5, 0.6) is 5.75 Å². The van der Waals surface area contributed by atoms with E-state index in [-0.39, 0.29) is 24.8 Å². The molecule has 0 spiro atoms. The lowest BCUT2D eigenvalue weighted by Crippen LogP contribution is -2.26. The number of carbonyl (C=O) groups excluding carboxylic acids is 2. The average Bonchev–Trinajstić information content (AvgIpc) is 2.80. The second-order valence-corrected chi connectivity index (χ2v) is 8.63. The van der Waals surface area contributed by atoms with E-state index < -0.39 is 5.92 Å². The maximum absolute atomic E-state index is 13.0. The molecule has 2 aromatic rings. The van der Waals surface area contributed by atoms with E-state index >= 15 is 0 Å². The molecule has 0 radical (unpaired) electrons. The minimum atomic E-state index is -0.704. The van der Waals surface area contributed by atoms with Gasteiger partial charge < -0.3 is 14.9 Å². The normalized spacial score (nSPS) is 15.0. The molecule has 0 heterocycles. The Labute approximate surface area is 195 Å². The van der Waals surface area contributed by atoms with Gasteiger partial charge in [0.2, 0.25) is 0 Å². The average molecular weight is 449 g/mol. The quantitative estimate of drug-likeness (QED) is 0.386. The number of carbonyl (C=O) groups is 2. The molecule has 2 N–H and O–H groups in total. The van der Waals surface area contributed by atoms with Crippen LogP contribution in [0, 0.1) is 18.8 Å². The number of hydrogen-bond donors (Lipinski definition) is 2. The molecule has 5 heteroatoms. The predicted molar refractivity (Wildman–Crippen MR) is 130 cm³/mol. The van der Waals surface area contributed by atoms with Gasteiger partial charge in [-0.1, -0.05) is 55.7 Å². The van der Waals surface area contributed by atoms with Crippen LogP contribution in [-0.2, 0) is 22.8 Å². The number of allylic oxidation sites excluding steroid dienone is 2. The third-order valence-electron chi connectivity index (χ3n) is 6.36. The Morgan fingerprint density at radius 2 is 1.58 bits per heavy atom. The minimum absolute atomic E-state index is 0.157. The lowest BCUT2D eigenvalue weighted by molar-refractivity contribution is -0.128. The van der Waals surface area contributed by atoms with Crippen molar-refractivity contribution < 1.29 is 24.5 Å². The van der Waals surface area contributed by atoms with Crippen LogP contribution < -0.4 is 4.74 Å². The molecule has 3 rings (SSSR count). The first-order chi connectivity index (χ1) is 15.9.